The highest BCUT2D eigenvalue weighted by atomic mass is 32.2. The molecule has 7 nitrogen and oxygen atoms in total. The van der Waals surface area contributed by atoms with E-state index in [9.17, 15) is 8.42 Å². The quantitative estimate of drug-likeness (QED) is 0.479. The molecular weight excluding hydrogens is 268 g/mol. The van der Waals surface area contributed by atoms with E-state index in [1.54, 1.807) is 31.4 Å². The molecule has 1 aliphatic rings. The standard InChI is InChI=1S/C11H14N4O3S/c1-18-10-4-2-9(3-5-10)15-7-6-11(8-13-14-12)19(15,16)17/h2-5,11H,6-8H2,1H3. The van der Waals surface area contributed by atoms with Crippen LogP contribution < -0.4 is 9.04 Å². The zero-order valence-electron chi connectivity index (χ0n) is 10.4. The monoisotopic (exact) mass is 282 g/mol. The van der Waals surface area contributed by atoms with Gasteiger partial charge in [-0.15, -0.1) is 0 Å². The van der Waals surface area contributed by atoms with Gasteiger partial charge in [-0.25, -0.2) is 8.42 Å². The number of ether oxygens (including phenoxy) is 1. The van der Waals surface area contributed by atoms with E-state index >= 15 is 0 Å². The Bertz CT molecular complexity index is 593. The van der Waals surface area contributed by atoms with Crippen molar-refractivity contribution in [3.8, 4) is 5.75 Å². The summed E-state index contributed by atoms with van der Waals surface area (Å²) in [4.78, 5) is 2.61. The minimum absolute atomic E-state index is 0.0223. The molecule has 1 fully saturated rings. The fraction of sp³-hybridized carbons (Fsp3) is 0.455. The second-order valence-electron chi connectivity index (χ2n) is 4.14. The Morgan fingerprint density at radius 1 is 1.47 bits per heavy atom. The summed E-state index contributed by atoms with van der Waals surface area (Å²) >= 11 is 0. The Labute approximate surface area is 111 Å². The van der Waals surface area contributed by atoms with Crippen LogP contribution in [0.5, 0.6) is 5.75 Å². The van der Waals surface area contributed by atoms with Gasteiger partial charge in [0, 0.05) is 18.0 Å². The number of nitrogens with zero attached hydrogens (tertiary/aromatic N) is 4. The Balaban J connectivity index is 2.23. The molecule has 0 aromatic heterocycles. The molecule has 0 N–H and O–H groups in total. The molecule has 0 bridgehead atoms. The second-order valence-corrected chi connectivity index (χ2v) is 6.28. The first kappa shape index (κ1) is 13.5. The lowest BCUT2D eigenvalue weighted by Gasteiger charge is -2.18. The third-order valence-corrected chi connectivity index (χ3v) is 5.33. The molecule has 0 aliphatic carbocycles. The van der Waals surface area contributed by atoms with Crippen molar-refractivity contribution < 1.29 is 13.2 Å². The van der Waals surface area contributed by atoms with Crippen LogP contribution in [-0.4, -0.2) is 33.9 Å². The molecule has 1 aromatic rings. The lowest BCUT2D eigenvalue weighted by atomic mass is 10.2. The molecule has 1 saturated heterocycles. The van der Waals surface area contributed by atoms with Crippen LogP contribution in [0.1, 0.15) is 6.42 Å². The van der Waals surface area contributed by atoms with Gasteiger partial charge in [0.2, 0.25) is 10.0 Å². The van der Waals surface area contributed by atoms with E-state index in [4.69, 9.17) is 10.3 Å². The van der Waals surface area contributed by atoms with Crippen LogP contribution >= 0.6 is 0 Å². The summed E-state index contributed by atoms with van der Waals surface area (Å²) in [6.45, 7) is 0.381. The van der Waals surface area contributed by atoms with Gasteiger partial charge in [-0.1, -0.05) is 5.11 Å². The van der Waals surface area contributed by atoms with Gasteiger partial charge in [0.1, 0.15) is 5.75 Å². The minimum Gasteiger partial charge on any atom is -0.497 e. The van der Waals surface area contributed by atoms with E-state index in [-0.39, 0.29) is 6.54 Å². The lowest BCUT2D eigenvalue weighted by Crippen LogP contribution is -2.30. The van der Waals surface area contributed by atoms with Crippen molar-refractivity contribution in [1.29, 1.82) is 0 Å². The number of benzene rings is 1. The average Bonchev–Trinajstić information content (AvgIpc) is 2.71. The summed E-state index contributed by atoms with van der Waals surface area (Å²) in [6.07, 6.45) is 0.466. The summed E-state index contributed by atoms with van der Waals surface area (Å²) in [7, 11) is -1.89. The van der Waals surface area contributed by atoms with E-state index < -0.39 is 15.3 Å². The molecule has 0 spiro atoms. The Kier molecular flexibility index (Phi) is 3.82. The van der Waals surface area contributed by atoms with Crippen LogP contribution in [0.4, 0.5) is 5.69 Å². The highest BCUT2D eigenvalue weighted by molar-refractivity contribution is 7.93. The summed E-state index contributed by atoms with van der Waals surface area (Å²) in [5, 5.41) is 2.73. The van der Waals surface area contributed by atoms with E-state index in [1.165, 1.54) is 4.31 Å². The predicted molar refractivity (Wildman–Crippen MR) is 71.7 cm³/mol. The van der Waals surface area contributed by atoms with Gasteiger partial charge < -0.3 is 4.74 Å². The molecular formula is C11H14N4O3S. The number of azide groups is 1. The second kappa shape index (κ2) is 5.38. The first-order chi connectivity index (χ1) is 9.09. The smallest absolute Gasteiger partial charge is 0.238 e. The molecule has 0 amide bonds. The molecule has 19 heavy (non-hydrogen) atoms. The molecule has 0 saturated carbocycles. The topological polar surface area (TPSA) is 95.4 Å². The van der Waals surface area contributed by atoms with Crippen LogP contribution in [-0.2, 0) is 10.0 Å². The molecule has 1 heterocycles. The van der Waals surface area contributed by atoms with Gasteiger partial charge in [0.15, 0.2) is 0 Å². The van der Waals surface area contributed by atoms with Crippen molar-refractivity contribution in [3.05, 3.63) is 34.7 Å². The van der Waals surface area contributed by atoms with Crippen LogP contribution in [0, 0.1) is 0 Å². The molecule has 1 aromatic carbocycles. The van der Waals surface area contributed by atoms with Crippen LogP contribution in [0.2, 0.25) is 0 Å². The summed E-state index contributed by atoms with van der Waals surface area (Å²) in [6, 6.07) is 6.83. The van der Waals surface area contributed by atoms with Crippen molar-refractivity contribution in [2.45, 2.75) is 11.7 Å². The van der Waals surface area contributed by atoms with Crippen molar-refractivity contribution in [2.75, 3.05) is 24.5 Å². The largest absolute Gasteiger partial charge is 0.497 e. The fourth-order valence-corrected chi connectivity index (χ4v) is 3.85. The third-order valence-electron chi connectivity index (χ3n) is 3.09. The lowest BCUT2D eigenvalue weighted by molar-refractivity contribution is 0.415. The molecule has 1 atom stereocenters. The number of rotatable bonds is 4. The molecule has 0 radical (unpaired) electrons. The highest BCUT2D eigenvalue weighted by Gasteiger charge is 2.38. The Morgan fingerprint density at radius 2 is 2.16 bits per heavy atom. The number of methoxy groups -OCH3 is 1. The summed E-state index contributed by atoms with van der Waals surface area (Å²) in [5.74, 6) is 0.672. The molecule has 1 aliphatic heterocycles. The van der Waals surface area contributed by atoms with Crippen LogP contribution in [0.15, 0.2) is 29.4 Å². The number of anilines is 1. The van der Waals surface area contributed by atoms with Gasteiger partial charge in [0.05, 0.1) is 18.0 Å². The zero-order valence-corrected chi connectivity index (χ0v) is 11.2. The van der Waals surface area contributed by atoms with Gasteiger partial charge in [-0.3, -0.25) is 4.31 Å². The van der Waals surface area contributed by atoms with Crippen LogP contribution in [0.3, 0.4) is 0 Å². The van der Waals surface area contributed by atoms with Gasteiger partial charge in [0.25, 0.3) is 0 Å². The Hall–Kier alpha value is -1.92. The maximum atomic E-state index is 12.3. The number of sulfonamides is 1. The molecule has 102 valence electrons. The first-order valence-electron chi connectivity index (χ1n) is 5.76. The van der Waals surface area contributed by atoms with E-state index in [2.05, 4.69) is 10.0 Å². The minimum atomic E-state index is -3.45. The Morgan fingerprint density at radius 3 is 2.74 bits per heavy atom. The highest BCUT2D eigenvalue weighted by Crippen LogP contribution is 2.29. The van der Waals surface area contributed by atoms with Gasteiger partial charge in [-0.05, 0) is 36.2 Å². The van der Waals surface area contributed by atoms with Crippen molar-refractivity contribution in [2.24, 2.45) is 5.11 Å². The predicted octanol–water partition coefficient (Wildman–Crippen LogP) is 1.91. The average molecular weight is 282 g/mol. The third kappa shape index (κ3) is 2.59. The zero-order chi connectivity index (χ0) is 13.9. The number of hydrogen-bond acceptors (Lipinski definition) is 4. The van der Waals surface area contributed by atoms with Gasteiger partial charge in [-0.2, -0.15) is 0 Å². The fourth-order valence-electron chi connectivity index (χ4n) is 2.05. The maximum absolute atomic E-state index is 12.3. The molecule has 1 unspecified atom stereocenters. The maximum Gasteiger partial charge on any atom is 0.238 e. The van der Waals surface area contributed by atoms with Gasteiger partial charge >= 0.3 is 0 Å². The van der Waals surface area contributed by atoms with E-state index in [0.29, 0.717) is 24.4 Å². The van der Waals surface area contributed by atoms with Crippen molar-refractivity contribution in [3.63, 3.8) is 0 Å². The summed E-state index contributed by atoms with van der Waals surface area (Å²) in [5.41, 5.74) is 8.87. The molecule has 2 rings (SSSR count). The normalized spacial score (nSPS) is 20.9. The first-order valence-corrected chi connectivity index (χ1v) is 7.26. The van der Waals surface area contributed by atoms with E-state index in [0.717, 1.165) is 0 Å². The number of hydrogen-bond donors (Lipinski definition) is 0. The van der Waals surface area contributed by atoms with Crippen molar-refractivity contribution >= 4 is 15.7 Å². The van der Waals surface area contributed by atoms with E-state index in [1.807, 2.05) is 0 Å². The summed E-state index contributed by atoms with van der Waals surface area (Å²) < 4.78 is 30.9. The van der Waals surface area contributed by atoms with Crippen LogP contribution in [0.25, 0.3) is 10.4 Å². The molecule has 8 heteroatoms. The SMILES string of the molecule is COc1ccc(N2CCC(CN=[N+]=[N-])S2(=O)=O)cc1. The van der Waals surface area contributed by atoms with Crippen molar-refractivity contribution in [1.82, 2.24) is 0 Å².